The molecule has 0 aliphatic carbocycles. The van der Waals surface area contributed by atoms with Crippen molar-refractivity contribution in [1.29, 1.82) is 0 Å². The number of ether oxygens (including phenoxy) is 1. The molecule has 0 saturated heterocycles. The minimum absolute atomic E-state index is 0.0221. The minimum Gasteiger partial charge on any atom is -0.466 e. The van der Waals surface area contributed by atoms with E-state index in [1.807, 2.05) is 24.3 Å². The first kappa shape index (κ1) is 23.6. The van der Waals surface area contributed by atoms with Crippen molar-refractivity contribution in [3.05, 3.63) is 46.2 Å². The second kappa shape index (κ2) is 12.1. The van der Waals surface area contributed by atoms with Crippen molar-refractivity contribution < 1.29 is 24.6 Å². The molecule has 9 nitrogen and oxygen atoms in total. The molecule has 1 heterocycles. The first-order valence-electron chi connectivity index (χ1n) is 8.69. The van der Waals surface area contributed by atoms with Gasteiger partial charge in [-0.2, -0.15) is 0 Å². The van der Waals surface area contributed by atoms with E-state index in [-0.39, 0.29) is 17.7 Å². The SMILES string of the molecule is CCOC(C)=O.C[C@@H](O)C[C@@H](Cc1ccc(Br)cc1)NC(=O)c1cn(O)nn1. The highest BCUT2D eigenvalue weighted by molar-refractivity contribution is 9.10. The first-order valence-corrected chi connectivity index (χ1v) is 9.48. The molecule has 0 fully saturated rings. The molecule has 1 amide bonds. The molecule has 0 saturated carbocycles. The number of rotatable bonds is 7. The second-order valence-corrected chi connectivity index (χ2v) is 6.95. The van der Waals surface area contributed by atoms with E-state index < -0.39 is 12.0 Å². The molecule has 154 valence electrons. The summed E-state index contributed by atoms with van der Waals surface area (Å²) in [4.78, 5) is 22.4. The topological polar surface area (TPSA) is 127 Å². The fourth-order valence-electron chi connectivity index (χ4n) is 2.33. The number of carbonyl (C=O) groups excluding carboxylic acids is 2. The first-order chi connectivity index (χ1) is 13.2. The molecule has 0 spiro atoms. The van der Waals surface area contributed by atoms with Crippen LogP contribution in [0.15, 0.2) is 34.9 Å². The summed E-state index contributed by atoms with van der Waals surface area (Å²) >= 11 is 3.37. The van der Waals surface area contributed by atoms with Crippen molar-refractivity contribution in [1.82, 2.24) is 20.5 Å². The number of aliphatic hydroxyl groups is 1. The summed E-state index contributed by atoms with van der Waals surface area (Å²) in [5.74, 6) is -0.652. The van der Waals surface area contributed by atoms with Crippen LogP contribution in [0, 0.1) is 0 Å². The minimum atomic E-state index is -0.547. The molecule has 0 radical (unpaired) electrons. The van der Waals surface area contributed by atoms with Crippen molar-refractivity contribution in [2.45, 2.75) is 45.8 Å². The maximum Gasteiger partial charge on any atom is 0.302 e. The normalized spacial score (nSPS) is 12.3. The largest absolute Gasteiger partial charge is 0.466 e. The van der Waals surface area contributed by atoms with Gasteiger partial charge >= 0.3 is 5.97 Å². The summed E-state index contributed by atoms with van der Waals surface area (Å²) in [5.41, 5.74) is 1.06. The van der Waals surface area contributed by atoms with E-state index in [0.717, 1.165) is 16.2 Å². The van der Waals surface area contributed by atoms with Crippen LogP contribution in [0.3, 0.4) is 0 Å². The average Bonchev–Trinajstić information content (AvgIpc) is 3.03. The lowest BCUT2D eigenvalue weighted by Crippen LogP contribution is -2.38. The number of nitrogens with zero attached hydrogens (tertiary/aromatic N) is 3. The zero-order chi connectivity index (χ0) is 21.1. The average molecular weight is 457 g/mol. The Morgan fingerprint density at radius 3 is 2.39 bits per heavy atom. The van der Waals surface area contributed by atoms with Crippen molar-refractivity contribution in [3.8, 4) is 0 Å². The molecule has 0 aliphatic heterocycles. The second-order valence-electron chi connectivity index (χ2n) is 6.03. The standard InChI is InChI=1S/C14H17BrN4O3.C4H8O2/c1-9(20)6-12(7-10-2-4-11(15)5-3-10)16-14(21)13-8-19(22)18-17-13;1-3-6-4(2)5/h2-5,8-9,12,20,22H,6-7H2,1H3,(H,16,21);3H2,1-2H3/t9-,12+;/m1./s1. The van der Waals surface area contributed by atoms with Crippen molar-refractivity contribution in [2.24, 2.45) is 0 Å². The van der Waals surface area contributed by atoms with Crippen molar-refractivity contribution >= 4 is 27.8 Å². The molecule has 2 aromatic rings. The molecule has 2 rings (SSSR count). The van der Waals surface area contributed by atoms with Crippen LogP contribution in [-0.4, -0.2) is 56.1 Å². The molecule has 0 unspecified atom stereocenters. The lowest BCUT2D eigenvalue weighted by Gasteiger charge is -2.19. The fraction of sp³-hybridized carbons (Fsp3) is 0.444. The van der Waals surface area contributed by atoms with E-state index in [1.54, 1.807) is 13.8 Å². The number of hydrogen-bond donors (Lipinski definition) is 3. The number of amides is 1. The highest BCUT2D eigenvalue weighted by Gasteiger charge is 2.18. The third-order valence-electron chi connectivity index (χ3n) is 3.42. The molecular weight excluding hydrogens is 432 g/mol. The van der Waals surface area contributed by atoms with E-state index >= 15 is 0 Å². The molecule has 1 aromatic carbocycles. The molecule has 2 atom stereocenters. The van der Waals surface area contributed by atoms with Crippen LogP contribution in [0.25, 0.3) is 0 Å². The molecule has 10 heteroatoms. The Kier molecular flexibility index (Phi) is 10.2. The predicted octanol–water partition coefficient (Wildman–Crippen LogP) is 1.96. The van der Waals surface area contributed by atoms with Gasteiger partial charge in [0.2, 0.25) is 0 Å². The molecular formula is C18H25BrN4O5. The number of halogens is 1. The fourth-order valence-corrected chi connectivity index (χ4v) is 2.60. The zero-order valence-electron chi connectivity index (χ0n) is 16.0. The third-order valence-corrected chi connectivity index (χ3v) is 3.95. The number of nitrogens with one attached hydrogen (secondary N) is 1. The summed E-state index contributed by atoms with van der Waals surface area (Å²) in [6.45, 7) is 5.32. The van der Waals surface area contributed by atoms with E-state index in [4.69, 9.17) is 5.21 Å². The zero-order valence-corrected chi connectivity index (χ0v) is 17.6. The smallest absolute Gasteiger partial charge is 0.302 e. The van der Waals surface area contributed by atoms with Crippen LogP contribution in [0.4, 0.5) is 0 Å². The predicted molar refractivity (Wildman–Crippen MR) is 105 cm³/mol. The molecule has 28 heavy (non-hydrogen) atoms. The van der Waals surface area contributed by atoms with Gasteiger partial charge in [-0.1, -0.05) is 32.9 Å². The Balaban J connectivity index is 0.000000568. The van der Waals surface area contributed by atoms with Gasteiger partial charge in [-0.25, -0.2) is 0 Å². The molecule has 3 N–H and O–H groups in total. The number of aliphatic hydroxyl groups excluding tert-OH is 1. The Morgan fingerprint density at radius 2 is 1.96 bits per heavy atom. The van der Waals surface area contributed by atoms with Crippen molar-refractivity contribution in [2.75, 3.05) is 6.61 Å². The highest BCUT2D eigenvalue weighted by Crippen LogP contribution is 2.14. The quantitative estimate of drug-likeness (QED) is 0.429. The summed E-state index contributed by atoms with van der Waals surface area (Å²) in [7, 11) is 0. The monoisotopic (exact) mass is 456 g/mol. The maximum absolute atomic E-state index is 12.1. The van der Waals surface area contributed by atoms with Gasteiger partial charge in [0, 0.05) is 17.4 Å². The van der Waals surface area contributed by atoms with Crippen LogP contribution in [-0.2, 0) is 16.0 Å². The van der Waals surface area contributed by atoms with E-state index in [2.05, 4.69) is 36.3 Å². The van der Waals surface area contributed by atoms with E-state index in [1.165, 1.54) is 6.92 Å². The molecule has 0 bridgehead atoms. The van der Waals surface area contributed by atoms with Crippen LogP contribution < -0.4 is 5.32 Å². The number of aromatic nitrogens is 3. The third kappa shape index (κ3) is 9.47. The number of carbonyl (C=O) groups is 2. The van der Waals surface area contributed by atoms with E-state index in [0.29, 0.717) is 24.3 Å². The Bertz CT molecular complexity index is 749. The van der Waals surface area contributed by atoms with Gasteiger partial charge in [-0.3, -0.25) is 9.59 Å². The lowest BCUT2D eigenvalue weighted by atomic mass is 10.0. The van der Waals surface area contributed by atoms with Crippen LogP contribution in [0.5, 0.6) is 0 Å². The summed E-state index contributed by atoms with van der Waals surface area (Å²) in [5, 5.41) is 28.3. The number of esters is 1. The van der Waals surface area contributed by atoms with E-state index in [9.17, 15) is 14.7 Å². The summed E-state index contributed by atoms with van der Waals surface area (Å²) in [6.07, 6.45) is 1.56. The van der Waals surface area contributed by atoms with Crippen LogP contribution >= 0.6 is 15.9 Å². The van der Waals surface area contributed by atoms with Crippen molar-refractivity contribution in [3.63, 3.8) is 0 Å². The summed E-state index contributed by atoms with van der Waals surface area (Å²) < 4.78 is 5.38. The Hall–Kier alpha value is -2.46. The summed E-state index contributed by atoms with van der Waals surface area (Å²) in [6, 6.07) is 7.50. The van der Waals surface area contributed by atoms with Gasteiger partial charge < -0.3 is 20.4 Å². The van der Waals surface area contributed by atoms with Gasteiger partial charge in [0.1, 0.15) is 0 Å². The van der Waals surface area contributed by atoms with Crippen LogP contribution in [0.2, 0.25) is 0 Å². The lowest BCUT2D eigenvalue weighted by molar-refractivity contribution is -0.140. The molecule has 1 aromatic heterocycles. The Morgan fingerprint density at radius 1 is 1.32 bits per heavy atom. The van der Waals surface area contributed by atoms with Crippen LogP contribution in [0.1, 0.15) is 43.2 Å². The maximum atomic E-state index is 12.1. The Labute approximate surface area is 171 Å². The molecule has 0 aliphatic rings. The highest BCUT2D eigenvalue weighted by atomic mass is 79.9. The van der Waals surface area contributed by atoms with Gasteiger partial charge in [0.05, 0.1) is 18.9 Å². The number of benzene rings is 1. The van der Waals surface area contributed by atoms with Gasteiger partial charge in [-0.15, -0.1) is 5.10 Å². The van der Waals surface area contributed by atoms with Gasteiger partial charge in [0.15, 0.2) is 5.69 Å². The van der Waals surface area contributed by atoms with Gasteiger partial charge in [0.25, 0.3) is 5.91 Å². The van der Waals surface area contributed by atoms with Gasteiger partial charge in [-0.05, 0) is 49.6 Å². The number of hydrogen-bond acceptors (Lipinski definition) is 7.